The molecule has 1 aromatic carbocycles. The number of benzene rings is 1. The third kappa shape index (κ3) is 4.67. The van der Waals surface area contributed by atoms with Crippen molar-refractivity contribution in [3.8, 4) is 0 Å². The van der Waals surface area contributed by atoms with Crippen molar-refractivity contribution in [3.63, 3.8) is 0 Å². The van der Waals surface area contributed by atoms with Crippen LogP contribution in [0.1, 0.15) is 49.2 Å². The number of carboxylic acid groups (broad SMARTS) is 1. The molecule has 0 saturated carbocycles. The lowest BCUT2D eigenvalue weighted by molar-refractivity contribution is -0.903. The zero-order valence-electron chi connectivity index (χ0n) is 12.9. The first-order valence-electron chi connectivity index (χ1n) is 6.65. The van der Waals surface area contributed by atoms with E-state index in [1.165, 1.54) is 5.56 Å². The van der Waals surface area contributed by atoms with Crippen LogP contribution in [0.3, 0.4) is 0 Å². The van der Waals surface area contributed by atoms with Gasteiger partial charge in [0.1, 0.15) is 6.04 Å². The predicted octanol–water partition coefficient (Wildman–Crippen LogP) is 3.57. The van der Waals surface area contributed by atoms with E-state index in [9.17, 15) is 4.79 Å². The molecule has 3 heteroatoms. The predicted molar refractivity (Wildman–Crippen MR) is 78.2 cm³/mol. The van der Waals surface area contributed by atoms with Crippen LogP contribution >= 0.6 is 0 Å². The Morgan fingerprint density at radius 3 is 1.95 bits per heavy atom. The number of rotatable bonds is 4. The van der Waals surface area contributed by atoms with Crippen molar-refractivity contribution in [2.75, 3.05) is 21.1 Å². The molecule has 1 unspecified atom stereocenters. The van der Waals surface area contributed by atoms with Crippen molar-refractivity contribution >= 4 is 5.97 Å². The van der Waals surface area contributed by atoms with Crippen LogP contribution in [0, 0.1) is 5.41 Å². The van der Waals surface area contributed by atoms with Gasteiger partial charge in [-0.3, -0.25) is 0 Å². The van der Waals surface area contributed by atoms with Crippen molar-refractivity contribution in [1.29, 1.82) is 0 Å². The Bertz CT molecular complexity index is 435. The van der Waals surface area contributed by atoms with Crippen LogP contribution in [0.25, 0.3) is 0 Å². The van der Waals surface area contributed by atoms with E-state index in [-0.39, 0.29) is 5.41 Å². The molecular weight excluding hydrogens is 238 g/mol. The molecule has 1 aromatic rings. The normalized spacial score (nSPS) is 14.2. The Morgan fingerprint density at radius 2 is 1.63 bits per heavy atom. The molecule has 0 amide bonds. The summed E-state index contributed by atoms with van der Waals surface area (Å²) in [6.07, 6.45) is 1.06. The van der Waals surface area contributed by atoms with E-state index in [1.807, 2.05) is 12.1 Å². The SMILES string of the molecule is CC(C)(C)CC(c1ccc(C(=O)O)cc1)[N+](C)(C)C. The van der Waals surface area contributed by atoms with Crippen LogP contribution in [0.4, 0.5) is 0 Å². The van der Waals surface area contributed by atoms with Gasteiger partial charge in [0.05, 0.1) is 26.7 Å². The highest BCUT2D eigenvalue weighted by molar-refractivity contribution is 5.87. The van der Waals surface area contributed by atoms with Crippen LogP contribution in [0.2, 0.25) is 0 Å². The van der Waals surface area contributed by atoms with E-state index in [1.54, 1.807) is 12.1 Å². The number of hydrogen-bond acceptors (Lipinski definition) is 1. The maximum Gasteiger partial charge on any atom is 0.335 e. The maximum atomic E-state index is 10.9. The fourth-order valence-electron chi connectivity index (χ4n) is 2.27. The summed E-state index contributed by atoms with van der Waals surface area (Å²) in [5.41, 5.74) is 1.79. The molecule has 0 aliphatic rings. The molecule has 0 aliphatic carbocycles. The van der Waals surface area contributed by atoms with Crippen molar-refractivity contribution < 1.29 is 14.4 Å². The van der Waals surface area contributed by atoms with Gasteiger partial charge in [0.15, 0.2) is 0 Å². The third-order valence-electron chi connectivity index (χ3n) is 3.28. The van der Waals surface area contributed by atoms with E-state index >= 15 is 0 Å². The summed E-state index contributed by atoms with van der Waals surface area (Å²) in [4.78, 5) is 10.9. The molecule has 0 aliphatic heterocycles. The van der Waals surface area contributed by atoms with Gasteiger partial charge in [0, 0.05) is 12.0 Å². The molecule has 106 valence electrons. The summed E-state index contributed by atoms with van der Waals surface area (Å²) < 4.78 is 0.837. The second-order valence-corrected chi connectivity index (χ2v) is 7.32. The summed E-state index contributed by atoms with van der Waals surface area (Å²) in [6, 6.07) is 7.65. The molecule has 0 aromatic heterocycles. The summed E-state index contributed by atoms with van der Waals surface area (Å²) in [5.74, 6) is -0.871. The Hall–Kier alpha value is -1.35. The quantitative estimate of drug-likeness (QED) is 0.844. The average Bonchev–Trinajstić information content (AvgIpc) is 2.23. The van der Waals surface area contributed by atoms with Gasteiger partial charge in [-0.25, -0.2) is 4.79 Å². The van der Waals surface area contributed by atoms with E-state index in [0.717, 1.165) is 10.9 Å². The molecule has 0 heterocycles. The lowest BCUT2D eigenvalue weighted by Crippen LogP contribution is -2.40. The fourth-order valence-corrected chi connectivity index (χ4v) is 2.27. The Labute approximate surface area is 116 Å². The number of aromatic carboxylic acids is 1. The largest absolute Gasteiger partial charge is 0.478 e. The van der Waals surface area contributed by atoms with Crippen molar-refractivity contribution in [2.45, 2.75) is 33.2 Å². The first-order chi connectivity index (χ1) is 8.50. The number of nitrogens with zero attached hydrogens (tertiary/aromatic N) is 1. The van der Waals surface area contributed by atoms with E-state index in [2.05, 4.69) is 41.9 Å². The smallest absolute Gasteiger partial charge is 0.335 e. The number of carboxylic acids is 1. The zero-order valence-corrected chi connectivity index (χ0v) is 12.9. The number of hydrogen-bond donors (Lipinski definition) is 1. The van der Waals surface area contributed by atoms with Gasteiger partial charge in [-0.05, 0) is 17.5 Å². The highest BCUT2D eigenvalue weighted by Crippen LogP contribution is 2.35. The fraction of sp³-hybridized carbons (Fsp3) is 0.562. The highest BCUT2D eigenvalue weighted by atomic mass is 16.4. The molecule has 0 radical (unpaired) electrons. The molecule has 0 bridgehead atoms. The highest BCUT2D eigenvalue weighted by Gasteiger charge is 2.30. The maximum absolute atomic E-state index is 10.9. The van der Waals surface area contributed by atoms with Gasteiger partial charge in [-0.15, -0.1) is 0 Å². The second kappa shape index (κ2) is 5.33. The van der Waals surface area contributed by atoms with E-state index < -0.39 is 5.97 Å². The standard InChI is InChI=1S/C16H25NO2/c1-16(2,3)11-14(17(4,5)6)12-7-9-13(10-8-12)15(18)19/h7-10,14H,11H2,1-6H3/p+1. The van der Waals surface area contributed by atoms with Crippen LogP contribution in [0.5, 0.6) is 0 Å². The monoisotopic (exact) mass is 264 g/mol. The van der Waals surface area contributed by atoms with Crippen molar-refractivity contribution in [1.82, 2.24) is 0 Å². The van der Waals surface area contributed by atoms with Gasteiger partial charge < -0.3 is 9.59 Å². The Kier molecular flexibility index (Phi) is 4.41. The van der Waals surface area contributed by atoms with Gasteiger partial charge in [-0.1, -0.05) is 32.9 Å². The molecule has 1 atom stereocenters. The second-order valence-electron chi connectivity index (χ2n) is 7.32. The molecule has 1 N–H and O–H groups in total. The van der Waals surface area contributed by atoms with Gasteiger partial charge >= 0.3 is 5.97 Å². The van der Waals surface area contributed by atoms with Crippen LogP contribution in [-0.4, -0.2) is 36.7 Å². The Balaban J connectivity index is 3.08. The van der Waals surface area contributed by atoms with Crippen LogP contribution < -0.4 is 0 Å². The lowest BCUT2D eigenvalue weighted by atomic mass is 9.84. The summed E-state index contributed by atoms with van der Waals surface area (Å²) in [5, 5.41) is 8.96. The summed E-state index contributed by atoms with van der Waals surface area (Å²) >= 11 is 0. The molecule has 0 spiro atoms. The van der Waals surface area contributed by atoms with Gasteiger partial charge in [0.2, 0.25) is 0 Å². The molecule has 0 fully saturated rings. The summed E-state index contributed by atoms with van der Waals surface area (Å²) in [7, 11) is 6.55. The van der Waals surface area contributed by atoms with Crippen molar-refractivity contribution in [3.05, 3.63) is 35.4 Å². The van der Waals surface area contributed by atoms with Crippen molar-refractivity contribution in [2.24, 2.45) is 5.41 Å². The first-order valence-corrected chi connectivity index (χ1v) is 6.65. The molecule has 3 nitrogen and oxygen atoms in total. The first kappa shape index (κ1) is 15.7. The molecule has 19 heavy (non-hydrogen) atoms. The minimum atomic E-state index is -0.871. The molecular formula is C16H26NO2+. The number of carbonyl (C=O) groups is 1. The van der Waals surface area contributed by atoms with Crippen LogP contribution in [-0.2, 0) is 0 Å². The minimum absolute atomic E-state index is 0.238. The van der Waals surface area contributed by atoms with Crippen LogP contribution in [0.15, 0.2) is 24.3 Å². The number of quaternary nitrogens is 1. The molecule has 0 saturated heterocycles. The summed E-state index contributed by atoms with van der Waals surface area (Å²) in [6.45, 7) is 6.71. The lowest BCUT2D eigenvalue weighted by Gasteiger charge is -2.38. The zero-order chi connectivity index (χ0) is 14.8. The van der Waals surface area contributed by atoms with Gasteiger partial charge in [0.25, 0.3) is 0 Å². The molecule has 1 rings (SSSR count). The third-order valence-corrected chi connectivity index (χ3v) is 3.28. The Morgan fingerprint density at radius 1 is 1.16 bits per heavy atom. The van der Waals surface area contributed by atoms with Gasteiger partial charge in [-0.2, -0.15) is 0 Å². The minimum Gasteiger partial charge on any atom is -0.478 e. The average molecular weight is 264 g/mol. The topological polar surface area (TPSA) is 37.3 Å². The van der Waals surface area contributed by atoms with E-state index in [0.29, 0.717) is 11.6 Å². The van der Waals surface area contributed by atoms with E-state index in [4.69, 9.17) is 5.11 Å².